The predicted octanol–water partition coefficient (Wildman–Crippen LogP) is 2.42. The van der Waals surface area contributed by atoms with Gasteiger partial charge in [-0.3, -0.25) is 4.40 Å². The second kappa shape index (κ2) is 5.83. The van der Waals surface area contributed by atoms with Crippen LogP contribution in [-0.4, -0.2) is 44.7 Å². The summed E-state index contributed by atoms with van der Waals surface area (Å²) in [4.78, 5) is 14.3. The topological polar surface area (TPSA) is 62.5 Å². The molecule has 1 aliphatic heterocycles. The summed E-state index contributed by atoms with van der Waals surface area (Å²) in [7, 11) is 0. The van der Waals surface area contributed by atoms with Gasteiger partial charge >= 0.3 is 6.03 Å². The fourth-order valence-electron chi connectivity index (χ4n) is 3.48. The molecule has 0 radical (unpaired) electrons. The van der Waals surface area contributed by atoms with Crippen molar-refractivity contribution in [1.29, 1.82) is 0 Å². The first-order valence-corrected chi connectivity index (χ1v) is 8.57. The molecule has 0 unspecified atom stereocenters. The largest absolute Gasteiger partial charge is 0.335 e. The number of hydrogen-bond donors (Lipinski definition) is 1. The molecule has 122 valence electrons. The van der Waals surface area contributed by atoms with E-state index in [0.717, 1.165) is 37.4 Å². The van der Waals surface area contributed by atoms with Gasteiger partial charge in [-0.25, -0.2) is 4.79 Å². The van der Waals surface area contributed by atoms with Crippen molar-refractivity contribution in [3.05, 3.63) is 30.2 Å². The molecule has 2 fully saturated rings. The van der Waals surface area contributed by atoms with E-state index in [9.17, 15) is 4.79 Å². The lowest BCUT2D eigenvalue weighted by atomic mass is 9.96. The first kappa shape index (κ1) is 14.5. The normalized spacial score (nSPS) is 20.7. The Kier molecular flexibility index (Phi) is 3.67. The number of piperidine rings is 1. The molecule has 2 amide bonds. The molecule has 6 heteroatoms. The van der Waals surface area contributed by atoms with E-state index in [0.29, 0.717) is 17.9 Å². The molecule has 3 heterocycles. The first-order chi connectivity index (χ1) is 11.2. The number of carbonyl (C=O) groups excluding carboxylic acids is 1. The van der Waals surface area contributed by atoms with E-state index in [4.69, 9.17) is 0 Å². The second-order valence-corrected chi connectivity index (χ2v) is 6.82. The number of carbonyl (C=O) groups is 1. The van der Waals surface area contributed by atoms with Crippen molar-refractivity contribution in [2.24, 2.45) is 5.92 Å². The Morgan fingerprint density at radius 2 is 2.00 bits per heavy atom. The molecule has 0 bridgehead atoms. The number of nitrogens with one attached hydrogen (secondary N) is 1. The third-order valence-corrected chi connectivity index (χ3v) is 5.17. The Bertz CT molecular complexity index is 700. The number of aromatic nitrogens is 3. The molecule has 4 rings (SSSR count). The van der Waals surface area contributed by atoms with Crippen molar-refractivity contribution in [3.8, 4) is 0 Å². The molecule has 1 saturated carbocycles. The van der Waals surface area contributed by atoms with Gasteiger partial charge in [0.1, 0.15) is 5.82 Å². The van der Waals surface area contributed by atoms with E-state index in [1.807, 2.05) is 29.3 Å². The van der Waals surface area contributed by atoms with Crippen LogP contribution in [0, 0.1) is 5.92 Å². The van der Waals surface area contributed by atoms with E-state index in [1.54, 1.807) is 0 Å². The van der Waals surface area contributed by atoms with Crippen molar-refractivity contribution in [2.45, 2.75) is 44.6 Å². The summed E-state index contributed by atoms with van der Waals surface area (Å²) in [5.41, 5.74) is 0.890. The van der Waals surface area contributed by atoms with Crippen LogP contribution in [0.2, 0.25) is 0 Å². The molecule has 1 atom stereocenters. The van der Waals surface area contributed by atoms with Crippen LogP contribution in [0.15, 0.2) is 24.4 Å². The van der Waals surface area contributed by atoms with Crippen molar-refractivity contribution in [1.82, 2.24) is 24.8 Å². The quantitative estimate of drug-likeness (QED) is 0.946. The predicted molar refractivity (Wildman–Crippen MR) is 87.3 cm³/mol. The highest BCUT2D eigenvalue weighted by molar-refractivity contribution is 5.74. The molecular weight excluding hydrogens is 290 g/mol. The third kappa shape index (κ3) is 2.90. The van der Waals surface area contributed by atoms with Gasteiger partial charge < -0.3 is 10.2 Å². The monoisotopic (exact) mass is 313 g/mol. The number of likely N-dealkylation sites (tertiary alicyclic amines) is 1. The minimum Gasteiger partial charge on any atom is -0.335 e. The summed E-state index contributed by atoms with van der Waals surface area (Å²) in [5, 5.41) is 11.7. The first-order valence-electron chi connectivity index (χ1n) is 8.57. The lowest BCUT2D eigenvalue weighted by molar-refractivity contribution is 0.176. The number of pyridine rings is 1. The zero-order valence-corrected chi connectivity index (χ0v) is 13.5. The van der Waals surface area contributed by atoms with E-state index >= 15 is 0 Å². The van der Waals surface area contributed by atoms with Gasteiger partial charge in [0.2, 0.25) is 0 Å². The van der Waals surface area contributed by atoms with Crippen LogP contribution in [0.5, 0.6) is 0 Å². The lowest BCUT2D eigenvalue weighted by Gasteiger charge is -2.32. The summed E-state index contributed by atoms with van der Waals surface area (Å²) in [6.07, 6.45) is 6.41. The van der Waals surface area contributed by atoms with E-state index < -0.39 is 0 Å². The number of hydrogen-bond acceptors (Lipinski definition) is 3. The van der Waals surface area contributed by atoms with Crippen molar-refractivity contribution in [2.75, 3.05) is 13.1 Å². The van der Waals surface area contributed by atoms with Gasteiger partial charge in [-0.2, -0.15) is 0 Å². The second-order valence-electron chi connectivity index (χ2n) is 6.82. The summed E-state index contributed by atoms with van der Waals surface area (Å²) < 4.78 is 2.07. The van der Waals surface area contributed by atoms with Crippen LogP contribution in [0.4, 0.5) is 4.79 Å². The summed E-state index contributed by atoms with van der Waals surface area (Å²) in [6.45, 7) is 3.69. The number of amides is 2. The van der Waals surface area contributed by atoms with Crippen LogP contribution >= 0.6 is 0 Å². The molecule has 0 spiro atoms. The van der Waals surface area contributed by atoms with Crippen molar-refractivity contribution < 1.29 is 4.79 Å². The van der Waals surface area contributed by atoms with Crippen LogP contribution in [0.25, 0.3) is 5.65 Å². The van der Waals surface area contributed by atoms with E-state index in [-0.39, 0.29) is 6.03 Å². The number of rotatable bonds is 3. The Hall–Kier alpha value is -2.11. The molecule has 1 N–H and O–H groups in total. The van der Waals surface area contributed by atoms with Crippen LogP contribution < -0.4 is 5.32 Å². The average Bonchev–Trinajstić information content (AvgIpc) is 3.35. The summed E-state index contributed by atoms with van der Waals surface area (Å²) in [6, 6.07) is 6.34. The standard InChI is InChI=1S/C17H23N5O/c1-12(13-5-6-13)18-17(23)21-10-7-14(8-11-21)16-20-19-15-4-2-3-9-22(15)16/h2-4,9,12-14H,5-8,10-11H2,1H3,(H,18,23)/t12-/m0/s1. The molecule has 2 aromatic rings. The number of fused-ring (bicyclic) bond motifs is 1. The minimum absolute atomic E-state index is 0.0916. The highest BCUT2D eigenvalue weighted by Gasteiger charge is 2.31. The van der Waals surface area contributed by atoms with Gasteiger partial charge in [0.25, 0.3) is 0 Å². The maximum absolute atomic E-state index is 12.3. The molecule has 0 aromatic carbocycles. The van der Waals surface area contributed by atoms with Gasteiger partial charge in [0.15, 0.2) is 5.65 Å². The zero-order chi connectivity index (χ0) is 15.8. The summed E-state index contributed by atoms with van der Waals surface area (Å²) in [5.74, 6) is 2.09. The SMILES string of the molecule is C[C@H](NC(=O)N1CCC(c2nnc3ccccn23)CC1)C1CC1. The highest BCUT2D eigenvalue weighted by atomic mass is 16.2. The zero-order valence-electron chi connectivity index (χ0n) is 13.5. The molecule has 1 saturated heterocycles. The molecule has 1 aliphatic carbocycles. The van der Waals surface area contributed by atoms with Gasteiger partial charge in [0.05, 0.1) is 0 Å². The lowest BCUT2D eigenvalue weighted by Crippen LogP contribution is -2.47. The number of urea groups is 1. The summed E-state index contributed by atoms with van der Waals surface area (Å²) >= 11 is 0. The van der Waals surface area contributed by atoms with E-state index in [1.165, 1.54) is 12.8 Å². The van der Waals surface area contributed by atoms with Crippen LogP contribution in [0.3, 0.4) is 0 Å². The Balaban J connectivity index is 1.38. The Morgan fingerprint density at radius 3 is 2.74 bits per heavy atom. The Morgan fingerprint density at radius 1 is 1.22 bits per heavy atom. The van der Waals surface area contributed by atoms with Crippen LogP contribution in [-0.2, 0) is 0 Å². The fraction of sp³-hybridized carbons (Fsp3) is 0.588. The van der Waals surface area contributed by atoms with Crippen LogP contribution in [0.1, 0.15) is 44.3 Å². The maximum atomic E-state index is 12.3. The van der Waals surface area contributed by atoms with Gasteiger partial charge in [-0.15, -0.1) is 10.2 Å². The van der Waals surface area contributed by atoms with E-state index in [2.05, 4.69) is 26.8 Å². The average molecular weight is 313 g/mol. The molecule has 23 heavy (non-hydrogen) atoms. The molecule has 2 aliphatic rings. The molecule has 2 aromatic heterocycles. The fourth-order valence-corrected chi connectivity index (χ4v) is 3.48. The maximum Gasteiger partial charge on any atom is 0.317 e. The van der Waals surface area contributed by atoms with Crippen molar-refractivity contribution >= 4 is 11.7 Å². The van der Waals surface area contributed by atoms with Gasteiger partial charge in [0, 0.05) is 31.2 Å². The number of nitrogens with zero attached hydrogens (tertiary/aromatic N) is 4. The minimum atomic E-state index is 0.0916. The molecule has 6 nitrogen and oxygen atoms in total. The molecular formula is C17H23N5O. The van der Waals surface area contributed by atoms with Crippen molar-refractivity contribution in [3.63, 3.8) is 0 Å². The Labute approximate surface area is 135 Å². The van der Waals surface area contributed by atoms with Gasteiger partial charge in [-0.1, -0.05) is 6.07 Å². The highest BCUT2D eigenvalue weighted by Crippen LogP contribution is 2.32. The smallest absolute Gasteiger partial charge is 0.317 e. The van der Waals surface area contributed by atoms with Gasteiger partial charge in [-0.05, 0) is 50.7 Å². The third-order valence-electron chi connectivity index (χ3n) is 5.17.